The van der Waals surface area contributed by atoms with Crippen molar-refractivity contribution in [3.05, 3.63) is 27.9 Å². The summed E-state index contributed by atoms with van der Waals surface area (Å²) in [6.45, 7) is 2.40. The highest BCUT2D eigenvalue weighted by molar-refractivity contribution is 5.66. The van der Waals surface area contributed by atoms with Crippen LogP contribution in [-0.4, -0.2) is 27.5 Å². The van der Waals surface area contributed by atoms with E-state index in [-0.39, 0.29) is 12.1 Å². The summed E-state index contributed by atoms with van der Waals surface area (Å²) in [6.07, 6.45) is 4.93. The van der Waals surface area contributed by atoms with Gasteiger partial charge in [-0.05, 0) is 25.8 Å². The molecule has 20 heavy (non-hydrogen) atoms. The zero-order valence-electron chi connectivity index (χ0n) is 11.5. The molecule has 1 aromatic heterocycles. The van der Waals surface area contributed by atoms with Gasteiger partial charge in [-0.25, -0.2) is 4.98 Å². The molecule has 7 heteroatoms. The number of hydrogen-bond donors (Lipinski definition) is 2. The Morgan fingerprint density at radius 2 is 2.10 bits per heavy atom. The first kappa shape index (κ1) is 15.9. The zero-order valence-corrected chi connectivity index (χ0v) is 11.5. The van der Waals surface area contributed by atoms with Gasteiger partial charge >= 0.3 is 5.97 Å². The van der Waals surface area contributed by atoms with Crippen molar-refractivity contribution in [2.45, 2.75) is 39.0 Å². The monoisotopic (exact) mass is 281 g/mol. The number of aliphatic carboxylic acids is 1. The van der Waals surface area contributed by atoms with Crippen molar-refractivity contribution in [3.8, 4) is 0 Å². The van der Waals surface area contributed by atoms with Crippen molar-refractivity contribution >= 4 is 17.5 Å². The Balaban J connectivity index is 2.24. The van der Waals surface area contributed by atoms with Crippen LogP contribution in [0.25, 0.3) is 0 Å². The van der Waals surface area contributed by atoms with Gasteiger partial charge in [0, 0.05) is 18.5 Å². The van der Waals surface area contributed by atoms with Crippen molar-refractivity contribution < 1.29 is 14.8 Å². The van der Waals surface area contributed by atoms with E-state index in [0.29, 0.717) is 17.8 Å². The number of pyridine rings is 1. The molecular weight excluding hydrogens is 262 g/mol. The summed E-state index contributed by atoms with van der Waals surface area (Å²) in [6, 6.07) is 1.66. The molecule has 0 amide bonds. The lowest BCUT2D eigenvalue weighted by Crippen LogP contribution is -2.04. The number of unbranched alkanes of at least 4 members (excludes halogenated alkanes) is 3. The molecule has 1 heterocycles. The molecule has 0 unspecified atom stereocenters. The Kier molecular flexibility index (Phi) is 6.42. The summed E-state index contributed by atoms with van der Waals surface area (Å²) in [4.78, 5) is 24.5. The number of rotatable bonds is 9. The van der Waals surface area contributed by atoms with E-state index in [4.69, 9.17) is 5.11 Å². The molecule has 1 aromatic rings. The van der Waals surface area contributed by atoms with Crippen LogP contribution in [0.4, 0.5) is 11.5 Å². The Hall–Kier alpha value is -2.18. The van der Waals surface area contributed by atoms with Crippen molar-refractivity contribution in [2.24, 2.45) is 0 Å². The van der Waals surface area contributed by atoms with Crippen molar-refractivity contribution in [3.63, 3.8) is 0 Å². The maximum absolute atomic E-state index is 10.6. The van der Waals surface area contributed by atoms with Gasteiger partial charge in [0.15, 0.2) is 0 Å². The molecule has 110 valence electrons. The van der Waals surface area contributed by atoms with Crippen LogP contribution in [-0.2, 0) is 4.79 Å². The topological polar surface area (TPSA) is 105 Å². The Bertz CT molecular complexity index is 477. The van der Waals surface area contributed by atoms with E-state index < -0.39 is 10.9 Å². The fraction of sp³-hybridized carbons (Fsp3) is 0.538. The van der Waals surface area contributed by atoms with E-state index in [1.165, 1.54) is 6.20 Å². The molecule has 0 radical (unpaired) electrons. The standard InChI is InChI=1S/C13H19N3O4/c1-10-8-12(15-9-11(10)16(19)20)14-7-5-3-2-4-6-13(17)18/h8-9H,2-7H2,1H3,(H,14,15)(H,17,18). The zero-order chi connectivity index (χ0) is 15.0. The fourth-order valence-corrected chi connectivity index (χ4v) is 1.81. The van der Waals surface area contributed by atoms with E-state index in [0.717, 1.165) is 25.8 Å². The Morgan fingerprint density at radius 3 is 2.70 bits per heavy atom. The Labute approximate surface area is 117 Å². The molecule has 0 saturated heterocycles. The minimum absolute atomic E-state index is 0.0178. The molecule has 0 spiro atoms. The first-order valence-corrected chi connectivity index (χ1v) is 6.57. The maximum Gasteiger partial charge on any atom is 0.303 e. The van der Waals surface area contributed by atoms with Crippen LogP contribution in [0.3, 0.4) is 0 Å². The van der Waals surface area contributed by atoms with Crippen molar-refractivity contribution in [1.29, 1.82) is 0 Å². The molecule has 0 fully saturated rings. The number of hydrogen-bond acceptors (Lipinski definition) is 5. The normalized spacial score (nSPS) is 10.2. The first-order chi connectivity index (χ1) is 9.50. The molecule has 0 saturated carbocycles. The predicted octanol–water partition coefficient (Wildman–Crippen LogP) is 2.75. The van der Waals surface area contributed by atoms with Gasteiger partial charge in [0.05, 0.1) is 4.92 Å². The number of aromatic nitrogens is 1. The van der Waals surface area contributed by atoms with Crippen LogP contribution in [0, 0.1) is 17.0 Å². The van der Waals surface area contributed by atoms with Crippen molar-refractivity contribution in [2.75, 3.05) is 11.9 Å². The van der Waals surface area contributed by atoms with E-state index in [1.54, 1.807) is 13.0 Å². The van der Waals surface area contributed by atoms with E-state index in [1.807, 2.05) is 0 Å². The highest BCUT2D eigenvalue weighted by atomic mass is 16.6. The SMILES string of the molecule is Cc1cc(NCCCCCCC(=O)O)ncc1[N+](=O)[O-]. The minimum Gasteiger partial charge on any atom is -0.481 e. The number of anilines is 1. The molecule has 0 aliphatic heterocycles. The van der Waals surface area contributed by atoms with Crippen LogP contribution >= 0.6 is 0 Å². The number of aryl methyl sites for hydroxylation is 1. The van der Waals surface area contributed by atoms with Gasteiger partial charge in [-0.15, -0.1) is 0 Å². The molecule has 2 N–H and O–H groups in total. The smallest absolute Gasteiger partial charge is 0.303 e. The second-order valence-corrected chi connectivity index (χ2v) is 4.60. The number of nitrogens with zero attached hydrogens (tertiary/aromatic N) is 2. The second kappa shape index (κ2) is 8.08. The molecule has 1 rings (SSSR count). The Morgan fingerprint density at radius 1 is 1.40 bits per heavy atom. The highest BCUT2D eigenvalue weighted by Crippen LogP contribution is 2.18. The number of nitro groups is 1. The van der Waals surface area contributed by atoms with Crippen LogP contribution in [0.2, 0.25) is 0 Å². The fourth-order valence-electron chi connectivity index (χ4n) is 1.81. The van der Waals surface area contributed by atoms with Gasteiger partial charge in [-0.3, -0.25) is 14.9 Å². The predicted molar refractivity (Wildman–Crippen MR) is 74.8 cm³/mol. The number of carboxylic acids is 1. The summed E-state index contributed by atoms with van der Waals surface area (Å²) in [5.74, 6) is -0.132. The molecule has 0 aliphatic rings. The molecular formula is C13H19N3O4. The van der Waals surface area contributed by atoms with Gasteiger partial charge in [0.25, 0.3) is 5.69 Å². The largest absolute Gasteiger partial charge is 0.481 e. The van der Waals surface area contributed by atoms with Gasteiger partial charge in [-0.2, -0.15) is 0 Å². The third-order valence-electron chi connectivity index (χ3n) is 2.90. The van der Waals surface area contributed by atoms with Crippen LogP contribution in [0.15, 0.2) is 12.3 Å². The van der Waals surface area contributed by atoms with Crippen molar-refractivity contribution in [1.82, 2.24) is 4.98 Å². The average molecular weight is 281 g/mol. The van der Waals surface area contributed by atoms with Gasteiger partial charge in [0.2, 0.25) is 0 Å². The summed E-state index contributed by atoms with van der Waals surface area (Å²) in [5.41, 5.74) is 0.596. The summed E-state index contributed by atoms with van der Waals surface area (Å²) in [7, 11) is 0. The summed E-state index contributed by atoms with van der Waals surface area (Å²) in [5, 5.41) is 22.2. The van der Waals surface area contributed by atoms with Crippen LogP contribution in [0.1, 0.15) is 37.7 Å². The number of carboxylic acid groups (broad SMARTS) is 1. The third kappa shape index (κ3) is 5.64. The molecule has 0 bridgehead atoms. The third-order valence-corrected chi connectivity index (χ3v) is 2.90. The molecule has 0 aromatic carbocycles. The first-order valence-electron chi connectivity index (χ1n) is 6.57. The minimum atomic E-state index is -0.756. The average Bonchev–Trinajstić information content (AvgIpc) is 2.37. The van der Waals surface area contributed by atoms with Crippen LogP contribution < -0.4 is 5.32 Å². The quantitative estimate of drug-likeness (QED) is 0.409. The molecule has 0 aliphatic carbocycles. The lowest BCUT2D eigenvalue weighted by Gasteiger charge is -2.06. The maximum atomic E-state index is 10.6. The van der Waals surface area contributed by atoms with Gasteiger partial charge < -0.3 is 10.4 Å². The second-order valence-electron chi connectivity index (χ2n) is 4.60. The number of carbonyl (C=O) groups is 1. The summed E-state index contributed by atoms with van der Waals surface area (Å²) < 4.78 is 0. The van der Waals surface area contributed by atoms with Gasteiger partial charge in [-0.1, -0.05) is 12.8 Å². The molecule has 7 nitrogen and oxygen atoms in total. The van der Waals surface area contributed by atoms with E-state index in [9.17, 15) is 14.9 Å². The lowest BCUT2D eigenvalue weighted by molar-refractivity contribution is -0.385. The summed E-state index contributed by atoms with van der Waals surface area (Å²) >= 11 is 0. The lowest BCUT2D eigenvalue weighted by atomic mass is 10.1. The van der Waals surface area contributed by atoms with E-state index >= 15 is 0 Å². The highest BCUT2D eigenvalue weighted by Gasteiger charge is 2.10. The van der Waals surface area contributed by atoms with E-state index in [2.05, 4.69) is 10.3 Å². The van der Waals surface area contributed by atoms with Gasteiger partial charge in [0.1, 0.15) is 12.0 Å². The number of nitrogens with one attached hydrogen (secondary N) is 1. The van der Waals surface area contributed by atoms with Crippen LogP contribution in [0.5, 0.6) is 0 Å². The molecule has 0 atom stereocenters.